The van der Waals surface area contributed by atoms with Crippen molar-refractivity contribution in [2.45, 2.75) is 26.7 Å². The van der Waals surface area contributed by atoms with Crippen LogP contribution in [0.2, 0.25) is 0 Å². The SMILES string of the molecule is CC.CC(=N)/C=N\Nc1ccc2nc(-c3cccnc3N)n(-c3ccc(CCl)cc3)c2n1. The van der Waals surface area contributed by atoms with Gasteiger partial charge in [0.1, 0.15) is 17.2 Å². The predicted octanol–water partition coefficient (Wildman–Crippen LogP) is 5.27. The molecule has 0 aliphatic heterocycles. The van der Waals surface area contributed by atoms with Gasteiger partial charge >= 0.3 is 0 Å². The van der Waals surface area contributed by atoms with Gasteiger partial charge in [0.05, 0.1) is 11.8 Å². The molecule has 0 aliphatic carbocycles. The maximum Gasteiger partial charge on any atom is 0.167 e. The number of pyridine rings is 2. The van der Waals surface area contributed by atoms with E-state index in [1.807, 2.05) is 60.9 Å². The summed E-state index contributed by atoms with van der Waals surface area (Å²) in [7, 11) is 0. The molecule has 0 bridgehead atoms. The van der Waals surface area contributed by atoms with E-state index in [1.165, 1.54) is 6.21 Å². The summed E-state index contributed by atoms with van der Waals surface area (Å²) in [6.07, 6.45) is 3.06. The molecule has 4 N–H and O–H groups in total. The average molecular weight is 449 g/mol. The first-order valence-corrected chi connectivity index (χ1v) is 10.7. The topological polar surface area (TPSA) is 118 Å². The fourth-order valence-corrected chi connectivity index (χ4v) is 3.16. The fraction of sp³-hybridized carbons (Fsp3) is 0.174. The molecule has 4 rings (SSSR count). The largest absolute Gasteiger partial charge is 0.383 e. The maximum atomic E-state index is 7.44. The number of nitrogen functional groups attached to an aromatic ring is 1. The number of halogens is 1. The van der Waals surface area contributed by atoms with Crippen molar-refractivity contribution in [3.63, 3.8) is 0 Å². The van der Waals surface area contributed by atoms with Crippen molar-refractivity contribution in [1.29, 1.82) is 5.41 Å². The highest BCUT2D eigenvalue weighted by atomic mass is 35.5. The second-order valence-electron chi connectivity index (χ2n) is 6.60. The number of nitrogens with zero attached hydrogens (tertiary/aromatic N) is 5. The molecular formula is C23H25ClN8. The van der Waals surface area contributed by atoms with Gasteiger partial charge in [-0.2, -0.15) is 5.10 Å². The quantitative estimate of drug-likeness (QED) is 0.211. The normalized spacial score (nSPS) is 10.8. The number of rotatable bonds is 6. The lowest BCUT2D eigenvalue weighted by Gasteiger charge is -2.11. The van der Waals surface area contributed by atoms with E-state index in [0.717, 1.165) is 11.3 Å². The molecule has 0 radical (unpaired) electrons. The number of hydrogen-bond acceptors (Lipinski definition) is 7. The van der Waals surface area contributed by atoms with Crippen molar-refractivity contribution >= 4 is 46.3 Å². The first-order valence-electron chi connectivity index (χ1n) is 10.2. The lowest BCUT2D eigenvalue weighted by Crippen LogP contribution is -2.03. The minimum atomic E-state index is 0.336. The number of fused-ring (bicyclic) bond motifs is 1. The Bertz CT molecular complexity index is 1240. The van der Waals surface area contributed by atoms with Crippen molar-refractivity contribution in [2.24, 2.45) is 5.10 Å². The number of imidazole rings is 1. The highest BCUT2D eigenvalue weighted by molar-refractivity contribution is 6.27. The lowest BCUT2D eigenvalue weighted by atomic mass is 10.2. The summed E-state index contributed by atoms with van der Waals surface area (Å²) in [5, 5.41) is 11.5. The van der Waals surface area contributed by atoms with Crippen LogP contribution in [0.1, 0.15) is 26.3 Å². The molecule has 0 unspecified atom stereocenters. The maximum absolute atomic E-state index is 7.44. The highest BCUT2D eigenvalue weighted by Crippen LogP contribution is 2.31. The Morgan fingerprint density at radius 1 is 1.16 bits per heavy atom. The summed E-state index contributed by atoms with van der Waals surface area (Å²) in [6, 6.07) is 15.2. The third-order valence-corrected chi connectivity index (χ3v) is 4.68. The Hall–Kier alpha value is -3.78. The fourth-order valence-electron chi connectivity index (χ4n) is 2.98. The van der Waals surface area contributed by atoms with Crippen molar-refractivity contribution < 1.29 is 0 Å². The van der Waals surface area contributed by atoms with E-state index in [9.17, 15) is 0 Å². The number of benzene rings is 1. The first kappa shape index (κ1) is 22.9. The van der Waals surface area contributed by atoms with Crippen LogP contribution < -0.4 is 11.2 Å². The molecule has 4 aromatic rings. The summed E-state index contributed by atoms with van der Waals surface area (Å²) in [4.78, 5) is 13.6. The Kier molecular flexibility index (Phi) is 7.51. The summed E-state index contributed by atoms with van der Waals surface area (Å²) >= 11 is 5.95. The van der Waals surface area contributed by atoms with Gasteiger partial charge in [0, 0.05) is 23.5 Å². The van der Waals surface area contributed by atoms with Gasteiger partial charge in [-0.1, -0.05) is 26.0 Å². The van der Waals surface area contributed by atoms with Crippen LogP contribution in [0, 0.1) is 5.41 Å². The van der Waals surface area contributed by atoms with Crippen LogP contribution in [-0.4, -0.2) is 31.4 Å². The zero-order valence-electron chi connectivity index (χ0n) is 18.2. The third-order valence-electron chi connectivity index (χ3n) is 4.37. The Labute approximate surface area is 191 Å². The molecule has 0 atom stereocenters. The monoisotopic (exact) mass is 448 g/mol. The van der Waals surface area contributed by atoms with Crippen molar-refractivity contribution in [2.75, 3.05) is 11.2 Å². The smallest absolute Gasteiger partial charge is 0.167 e. The van der Waals surface area contributed by atoms with E-state index in [4.69, 9.17) is 27.7 Å². The van der Waals surface area contributed by atoms with E-state index in [0.29, 0.717) is 45.8 Å². The van der Waals surface area contributed by atoms with Crippen LogP contribution in [0.5, 0.6) is 0 Å². The molecule has 8 nitrogen and oxygen atoms in total. The van der Waals surface area contributed by atoms with Crippen LogP contribution >= 0.6 is 11.6 Å². The van der Waals surface area contributed by atoms with Crippen LogP contribution in [0.4, 0.5) is 11.6 Å². The van der Waals surface area contributed by atoms with Crippen LogP contribution in [-0.2, 0) is 5.88 Å². The summed E-state index contributed by atoms with van der Waals surface area (Å²) in [5.74, 6) is 1.99. The number of hydrogen-bond donors (Lipinski definition) is 3. The zero-order valence-corrected chi connectivity index (χ0v) is 18.9. The Morgan fingerprint density at radius 3 is 2.56 bits per heavy atom. The van der Waals surface area contributed by atoms with E-state index in [1.54, 1.807) is 19.2 Å². The molecule has 3 aromatic heterocycles. The molecule has 32 heavy (non-hydrogen) atoms. The number of aromatic nitrogens is 4. The molecule has 0 saturated carbocycles. The second-order valence-corrected chi connectivity index (χ2v) is 6.87. The van der Waals surface area contributed by atoms with Gasteiger partial charge in [-0.05, 0) is 48.9 Å². The van der Waals surface area contributed by atoms with Crippen molar-refractivity contribution in [1.82, 2.24) is 19.5 Å². The zero-order chi connectivity index (χ0) is 23.1. The lowest BCUT2D eigenvalue weighted by molar-refractivity contribution is 1.07. The van der Waals surface area contributed by atoms with Crippen LogP contribution in [0.25, 0.3) is 28.2 Å². The molecule has 1 aromatic carbocycles. The molecule has 164 valence electrons. The van der Waals surface area contributed by atoms with Crippen LogP contribution in [0.3, 0.4) is 0 Å². The number of alkyl halides is 1. The van der Waals surface area contributed by atoms with Gasteiger partial charge in [0.25, 0.3) is 0 Å². The molecular weight excluding hydrogens is 424 g/mol. The summed E-state index contributed by atoms with van der Waals surface area (Å²) in [6.45, 7) is 5.64. The standard InChI is InChI=1S/C21H19ClN8.C2H6/c1-13(23)12-26-29-18-9-8-17-21(28-18)30(15-6-4-14(11-22)5-7-15)20(27-17)16-3-2-10-25-19(16)24;1-2/h2-10,12,23H,11H2,1H3,(H2,24,25)(H,28,29);1-2H3/b23-13?,26-12-;. The summed E-state index contributed by atoms with van der Waals surface area (Å²) < 4.78 is 1.93. The molecule has 0 fully saturated rings. The molecule has 9 heteroatoms. The van der Waals surface area contributed by atoms with Gasteiger partial charge < -0.3 is 11.1 Å². The number of hydrazone groups is 1. The van der Waals surface area contributed by atoms with E-state index < -0.39 is 0 Å². The molecule has 0 saturated heterocycles. The summed E-state index contributed by atoms with van der Waals surface area (Å²) in [5.41, 5.74) is 13.3. The Balaban J connectivity index is 0.00000141. The molecule has 0 aliphatic rings. The first-order chi connectivity index (χ1) is 15.6. The van der Waals surface area contributed by atoms with E-state index >= 15 is 0 Å². The highest BCUT2D eigenvalue weighted by Gasteiger charge is 2.18. The van der Waals surface area contributed by atoms with E-state index in [2.05, 4.69) is 20.5 Å². The number of anilines is 2. The van der Waals surface area contributed by atoms with Crippen molar-refractivity contribution in [3.8, 4) is 17.1 Å². The minimum Gasteiger partial charge on any atom is -0.383 e. The van der Waals surface area contributed by atoms with E-state index in [-0.39, 0.29) is 0 Å². The Morgan fingerprint density at radius 2 is 1.91 bits per heavy atom. The molecule has 3 heterocycles. The minimum absolute atomic E-state index is 0.336. The third kappa shape index (κ3) is 4.92. The number of nitrogens with one attached hydrogen (secondary N) is 2. The van der Waals surface area contributed by atoms with Gasteiger partial charge in [-0.15, -0.1) is 11.6 Å². The van der Waals surface area contributed by atoms with Crippen molar-refractivity contribution in [3.05, 3.63) is 60.3 Å². The second kappa shape index (κ2) is 10.5. The van der Waals surface area contributed by atoms with Gasteiger partial charge in [0.15, 0.2) is 11.5 Å². The number of nitrogens with two attached hydrogens (primary N) is 1. The van der Waals surface area contributed by atoms with Gasteiger partial charge in [-0.25, -0.2) is 15.0 Å². The predicted molar refractivity (Wildman–Crippen MR) is 133 cm³/mol. The van der Waals surface area contributed by atoms with Crippen LogP contribution in [0.15, 0.2) is 59.8 Å². The molecule has 0 amide bonds. The average Bonchev–Trinajstić information content (AvgIpc) is 3.19. The molecule has 0 spiro atoms. The van der Waals surface area contributed by atoms with Gasteiger partial charge in [-0.3, -0.25) is 9.99 Å². The van der Waals surface area contributed by atoms with Gasteiger partial charge in [0.2, 0.25) is 0 Å².